The molecule has 3 rings (SSSR count). The standard InChI is InChI=1S/C18H23ClN2O3/c1-13-12-21(15-11-14(19)5-6-16(15)24-13)18(23)8-7-17(22)20-9-3-2-4-10-20/h5-6,11,13H,2-4,7-10,12H2,1H3/t13-/m1/s1. The Morgan fingerprint density at radius 2 is 1.88 bits per heavy atom. The topological polar surface area (TPSA) is 49.9 Å². The van der Waals surface area contributed by atoms with Crippen molar-refractivity contribution in [3.05, 3.63) is 23.2 Å². The highest BCUT2D eigenvalue weighted by Crippen LogP contribution is 2.36. The Balaban J connectivity index is 1.64. The number of halogens is 1. The van der Waals surface area contributed by atoms with Crippen LogP contribution in [0.1, 0.15) is 39.0 Å². The molecule has 5 nitrogen and oxygen atoms in total. The van der Waals surface area contributed by atoms with Gasteiger partial charge >= 0.3 is 0 Å². The molecular weight excluding hydrogens is 328 g/mol. The average Bonchev–Trinajstić information content (AvgIpc) is 2.59. The Bertz CT molecular complexity index is 629. The van der Waals surface area contributed by atoms with Crippen LogP contribution in [0.5, 0.6) is 5.75 Å². The Morgan fingerprint density at radius 3 is 2.62 bits per heavy atom. The molecule has 2 heterocycles. The monoisotopic (exact) mass is 350 g/mol. The van der Waals surface area contributed by atoms with E-state index in [0.29, 0.717) is 23.0 Å². The fourth-order valence-corrected chi connectivity index (χ4v) is 3.46. The lowest BCUT2D eigenvalue weighted by molar-refractivity contribution is -0.134. The minimum absolute atomic E-state index is 0.0565. The van der Waals surface area contributed by atoms with E-state index in [2.05, 4.69) is 0 Å². The van der Waals surface area contributed by atoms with Crippen molar-refractivity contribution in [2.75, 3.05) is 24.5 Å². The molecule has 1 saturated heterocycles. The number of rotatable bonds is 3. The molecule has 2 aliphatic rings. The number of fused-ring (bicyclic) bond motifs is 1. The Hall–Kier alpha value is -1.75. The zero-order valence-corrected chi connectivity index (χ0v) is 14.7. The molecule has 0 unspecified atom stereocenters. The van der Waals surface area contributed by atoms with E-state index >= 15 is 0 Å². The Morgan fingerprint density at radius 1 is 1.17 bits per heavy atom. The highest BCUT2D eigenvalue weighted by atomic mass is 35.5. The van der Waals surface area contributed by atoms with Gasteiger partial charge in [-0.3, -0.25) is 9.59 Å². The molecule has 0 bridgehead atoms. The van der Waals surface area contributed by atoms with E-state index in [4.69, 9.17) is 16.3 Å². The molecule has 0 N–H and O–H groups in total. The summed E-state index contributed by atoms with van der Waals surface area (Å²) >= 11 is 6.06. The van der Waals surface area contributed by atoms with Gasteiger partial charge in [0.15, 0.2) is 0 Å². The predicted octanol–water partition coefficient (Wildman–Crippen LogP) is 3.25. The van der Waals surface area contributed by atoms with Crippen molar-refractivity contribution in [2.45, 2.75) is 45.1 Å². The Kier molecular flexibility index (Phi) is 5.29. The van der Waals surface area contributed by atoms with Gasteiger partial charge in [0.05, 0.1) is 12.2 Å². The normalized spacial score (nSPS) is 20.3. The molecule has 0 saturated carbocycles. The summed E-state index contributed by atoms with van der Waals surface area (Å²) in [6, 6.07) is 5.28. The van der Waals surface area contributed by atoms with Crippen LogP contribution < -0.4 is 9.64 Å². The smallest absolute Gasteiger partial charge is 0.227 e. The Labute approximate surface area is 147 Å². The van der Waals surface area contributed by atoms with Crippen molar-refractivity contribution in [1.29, 1.82) is 0 Å². The number of hydrogen-bond donors (Lipinski definition) is 0. The van der Waals surface area contributed by atoms with Gasteiger partial charge in [-0.1, -0.05) is 11.6 Å². The maximum Gasteiger partial charge on any atom is 0.227 e. The largest absolute Gasteiger partial charge is 0.487 e. The molecule has 0 aliphatic carbocycles. The third kappa shape index (κ3) is 3.83. The molecule has 0 aromatic heterocycles. The van der Waals surface area contributed by atoms with Crippen molar-refractivity contribution in [3.8, 4) is 5.75 Å². The minimum Gasteiger partial charge on any atom is -0.487 e. The maximum absolute atomic E-state index is 12.7. The fourth-order valence-electron chi connectivity index (χ4n) is 3.30. The minimum atomic E-state index is -0.0829. The number of nitrogens with zero attached hydrogens (tertiary/aromatic N) is 2. The van der Waals surface area contributed by atoms with Crippen molar-refractivity contribution in [3.63, 3.8) is 0 Å². The van der Waals surface area contributed by atoms with Gasteiger partial charge in [0.25, 0.3) is 0 Å². The molecular formula is C18H23ClN2O3. The molecule has 0 radical (unpaired) electrons. The summed E-state index contributed by atoms with van der Waals surface area (Å²) in [5, 5.41) is 0.564. The number of piperidine rings is 1. The summed E-state index contributed by atoms with van der Waals surface area (Å²) in [6.45, 7) is 4.04. The van der Waals surface area contributed by atoms with Gasteiger partial charge in [0, 0.05) is 31.0 Å². The summed E-state index contributed by atoms with van der Waals surface area (Å²) in [6.07, 6.45) is 3.71. The molecule has 1 atom stereocenters. The third-order valence-electron chi connectivity index (χ3n) is 4.54. The van der Waals surface area contributed by atoms with Gasteiger partial charge in [-0.25, -0.2) is 0 Å². The molecule has 1 fully saturated rings. The van der Waals surface area contributed by atoms with E-state index in [1.807, 2.05) is 11.8 Å². The second kappa shape index (κ2) is 7.43. The number of carbonyl (C=O) groups is 2. The summed E-state index contributed by atoms with van der Waals surface area (Å²) < 4.78 is 5.76. The third-order valence-corrected chi connectivity index (χ3v) is 4.78. The van der Waals surface area contributed by atoms with Crippen LogP contribution in [0, 0.1) is 0 Å². The lowest BCUT2D eigenvalue weighted by Crippen LogP contribution is -2.43. The molecule has 130 valence electrons. The van der Waals surface area contributed by atoms with Crippen molar-refractivity contribution >= 4 is 29.1 Å². The molecule has 2 amide bonds. The van der Waals surface area contributed by atoms with Crippen molar-refractivity contribution < 1.29 is 14.3 Å². The number of amides is 2. The summed E-state index contributed by atoms with van der Waals surface area (Å²) in [7, 11) is 0. The van der Waals surface area contributed by atoms with Gasteiger partial charge in [-0.05, 0) is 44.4 Å². The van der Waals surface area contributed by atoms with Crippen LogP contribution in [0.15, 0.2) is 18.2 Å². The van der Waals surface area contributed by atoms with E-state index in [0.717, 1.165) is 25.9 Å². The zero-order chi connectivity index (χ0) is 17.1. The number of carbonyl (C=O) groups excluding carboxylic acids is 2. The van der Waals surface area contributed by atoms with Crippen LogP contribution in [0.25, 0.3) is 0 Å². The van der Waals surface area contributed by atoms with Gasteiger partial charge in [0.1, 0.15) is 11.9 Å². The van der Waals surface area contributed by atoms with Crippen molar-refractivity contribution in [2.24, 2.45) is 0 Å². The summed E-state index contributed by atoms with van der Waals surface area (Å²) in [5.74, 6) is 0.684. The lowest BCUT2D eigenvalue weighted by Gasteiger charge is -2.34. The predicted molar refractivity (Wildman–Crippen MR) is 93.6 cm³/mol. The van der Waals surface area contributed by atoms with Crippen molar-refractivity contribution in [1.82, 2.24) is 4.90 Å². The average molecular weight is 351 g/mol. The molecule has 0 spiro atoms. The number of likely N-dealkylation sites (tertiary alicyclic amines) is 1. The first kappa shape index (κ1) is 17.1. The zero-order valence-electron chi connectivity index (χ0n) is 14.0. The molecule has 6 heteroatoms. The first-order valence-corrected chi connectivity index (χ1v) is 8.97. The number of ether oxygens (including phenoxy) is 1. The van der Waals surface area contributed by atoms with E-state index < -0.39 is 0 Å². The van der Waals surface area contributed by atoms with Gasteiger partial charge in [-0.2, -0.15) is 0 Å². The molecule has 24 heavy (non-hydrogen) atoms. The molecule has 1 aromatic carbocycles. The van der Waals surface area contributed by atoms with Crippen LogP contribution in [0.2, 0.25) is 5.02 Å². The maximum atomic E-state index is 12.7. The van der Waals surface area contributed by atoms with Gasteiger partial charge < -0.3 is 14.5 Å². The van der Waals surface area contributed by atoms with E-state index in [1.165, 1.54) is 6.42 Å². The highest BCUT2D eigenvalue weighted by Gasteiger charge is 2.28. The first-order valence-electron chi connectivity index (χ1n) is 8.59. The second-order valence-corrected chi connectivity index (χ2v) is 6.92. The highest BCUT2D eigenvalue weighted by molar-refractivity contribution is 6.31. The second-order valence-electron chi connectivity index (χ2n) is 6.49. The number of hydrogen-bond acceptors (Lipinski definition) is 3. The van der Waals surface area contributed by atoms with Crippen LogP contribution in [-0.2, 0) is 9.59 Å². The number of benzene rings is 1. The summed E-state index contributed by atoms with van der Waals surface area (Å²) in [4.78, 5) is 28.5. The van der Waals surface area contributed by atoms with E-state index in [-0.39, 0.29) is 30.8 Å². The van der Waals surface area contributed by atoms with Gasteiger partial charge in [-0.15, -0.1) is 0 Å². The lowest BCUT2D eigenvalue weighted by atomic mass is 10.1. The molecule has 2 aliphatic heterocycles. The first-order chi connectivity index (χ1) is 11.5. The van der Waals surface area contributed by atoms with Crippen LogP contribution in [0.3, 0.4) is 0 Å². The van der Waals surface area contributed by atoms with Gasteiger partial charge in [0.2, 0.25) is 11.8 Å². The van der Waals surface area contributed by atoms with E-state index in [1.54, 1.807) is 23.1 Å². The molecule has 1 aromatic rings. The van der Waals surface area contributed by atoms with Crippen LogP contribution >= 0.6 is 11.6 Å². The number of anilines is 1. The SMILES string of the molecule is C[C@@H]1CN(C(=O)CCC(=O)N2CCCCC2)c2cc(Cl)ccc2O1. The quantitative estimate of drug-likeness (QED) is 0.840. The summed E-state index contributed by atoms with van der Waals surface area (Å²) in [5.41, 5.74) is 0.691. The fraction of sp³-hybridized carbons (Fsp3) is 0.556. The van der Waals surface area contributed by atoms with Crippen LogP contribution in [0.4, 0.5) is 5.69 Å². The van der Waals surface area contributed by atoms with E-state index in [9.17, 15) is 9.59 Å². The van der Waals surface area contributed by atoms with Crippen LogP contribution in [-0.4, -0.2) is 42.5 Å².